The lowest BCUT2D eigenvalue weighted by Crippen LogP contribution is -2.44. The molecule has 0 aliphatic heterocycles. The third-order valence-electron chi connectivity index (χ3n) is 6.66. The first-order valence-electron chi connectivity index (χ1n) is 12.4. The van der Waals surface area contributed by atoms with Gasteiger partial charge in [0.15, 0.2) is 0 Å². The van der Waals surface area contributed by atoms with E-state index in [1.165, 1.54) is 11.1 Å². The monoisotopic (exact) mass is 423 g/mol. The molecule has 0 fully saturated rings. The van der Waals surface area contributed by atoms with Crippen LogP contribution in [0.25, 0.3) is 0 Å². The lowest BCUT2D eigenvalue weighted by atomic mass is 10.1. The summed E-state index contributed by atoms with van der Waals surface area (Å²) in [4.78, 5) is 7.88. The minimum Gasteiger partial charge on any atom is -0.301 e. The molecule has 172 valence electrons. The van der Waals surface area contributed by atoms with E-state index in [2.05, 4.69) is 110 Å². The SMILES string of the molecule is CCN(CCN(CC)C(C)Cc1ccccc1)CCN(CC)C(C)Cc1ccccc1. The zero-order valence-electron chi connectivity index (χ0n) is 20.6. The highest BCUT2D eigenvalue weighted by atomic mass is 15.2. The van der Waals surface area contributed by atoms with Crippen molar-refractivity contribution in [1.29, 1.82) is 0 Å². The molecule has 0 N–H and O–H groups in total. The quantitative estimate of drug-likeness (QED) is 0.389. The van der Waals surface area contributed by atoms with Gasteiger partial charge in [-0.1, -0.05) is 81.4 Å². The zero-order valence-corrected chi connectivity index (χ0v) is 20.6. The van der Waals surface area contributed by atoms with Gasteiger partial charge in [0.2, 0.25) is 0 Å². The summed E-state index contributed by atoms with van der Waals surface area (Å²) < 4.78 is 0. The summed E-state index contributed by atoms with van der Waals surface area (Å²) in [6, 6.07) is 22.9. The van der Waals surface area contributed by atoms with Crippen LogP contribution in [0.4, 0.5) is 0 Å². The molecule has 0 bridgehead atoms. The van der Waals surface area contributed by atoms with E-state index in [1.807, 2.05) is 0 Å². The Bertz CT molecular complexity index is 628. The maximum Gasteiger partial charge on any atom is 0.0112 e. The van der Waals surface area contributed by atoms with E-state index in [0.717, 1.165) is 58.7 Å². The first-order chi connectivity index (χ1) is 15.1. The Morgan fingerprint density at radius 2 is 0.935 bits per heavy atom. The smallest absolute Gasteiger partial charge is 0.0112 e. The topological polar surface area (TPSA) is 9.72 Å². The highest BCUT2D eigenvalue weighted by Gasteiger charge is 2.16. The van der Waals surface area contributed by atoms with E-state index in [-0.39, 0.29) is 0 Å². The third kappa shape index (κ3) is 9.14. The van der Waals surface area contributed by atoms with Crippen LogP contribution in [0, 0.1) is 0 Å². The molecule has 0 saturated carbocycles. The van der Waals surface area contributed by atoms with Gasteiger partial charge in [0.05, 0.1) is 0 Å². The Morgan fingerprint density at radius 3 is 1.26 bits per heavy atom. The van der Waals surface area contributed by atoms with Gasteiger partial charge in [0.25, 0.3) is 0 Å². The highest BCUT2D eigenvalue weighted by Crippen LogP contribution is 2.10. The molecule has 0 aromatic heterocycles. The van der Waals surface area contributed by atoms with Crippen molar-refractivity contribution in [3.63, 3.8) is 0 Å². The van der Waals surface area contributed by atoms with E-state index >= 15 is 0 Å². The fourth-order valence-electron chi connectivity index (χ4n) is 4.52. The van der Waals surface area contributed by atoms with Gasteiger partial charge in [-0.25, -0.2) is 0 Å². The molecular formula is C28H45N3. The van der Waals surface area contributed by atoms with Gasteiger partial charge in [-0.05, 0) is 57.5 Å². The molecule has 0 aliphatic rings. The fourth-order valence-corrected chi connectivity index (χ4v) is 4.52. The number of rotatable bonds is 15. The molecule has 2 unspecified atom stereocenters. The van der Waals surface area contributed by atoms with Gasteiger partial charge in [0, 0.05) is 38.3 Å². The Kier molecular flexibility index (Phi) is 11.9. The summed E-state index contributed by atoms with van der Waals surface area (Å²) in [6.45, 7) is 19.6. The summed E-state index contributed by atoms with van der Waals surface area (Å²) in [5, 5.41) is 0. The fraction of sp³-hybridized carbons (Fsp3) is 0.571. The van der Waals surface area contributed by atoms with E-state index in [4.69, 9.17) is 0 Å². The van der Waals surface area contributed by atoms with Crippen LogP contribution in [0.1, 0.15) is 45.7 Å². The molecule has 2 rings (SSSR count). The van der Waals surface area contributed by atoms with Crippen molar-refractivity contribution in [2.24, 2.45) is 0 Å². The predicted molar refractivity (Wildman–Crippen MR) is 136 cm³/mol. The van der Waals surface area contributed by atoms with Gasteiger partial charge in [-0.2, -0.15) is 0 Å². The van der Waals surface area contributed by atoms with Crippen LogP contribution in [0.5, 0.6) is 0 Å². The van der Waals surface area contributed by atoms with Gasteiger partial charge in [0.1, 0.15) is 0 Å². The van der Waals surface area contributed by atoms with E-state index in [9.17, 15) is 0 Å². The Morgan fingerprint density at radius 1 is 0.548 bits per heavy atom. The average Bonchev–Trinajstić information content (AvgIpc) is 2.79. The first-order valence-corrected chi connectivity index (χ1v) is 12.4. The van der Waals surface area contributed by atoms with Crippen LogP contribution in [-0.4, -0.2) is 72.6 Å². The standard InChI is InChI=1S/C28H45N3/c1-6-29(19-21-30(7-2)25(4)23-27-15-11-9-12-16-27)20-22-31(8-3)26(5)24-28-17-13-10-14-18-28/h9-18,25-26H,6-8,19-24H2,1-5H3. The second-order valence-corrected chi connectivity index (χ2v) is 8.77. The maximum atomic E-state index is 2.63. The number of nitrogens with zero attached hydrogens (tertiary/aromatic N) is 3. The van der Waals surface area contributed by atoms with Crippen molar-refractivity contribution in [1.82, 2.24) is 14.7 Å². The highest BCUT2D eigenvalue weighted by molar-refractivity contribution is 5.16. The molecule has 3 heteroatoms. The molecule has 0 heterocycles. The first kappa shape index (κ1) is 25.6. The molecule has 0 aliphatic carbocycles. The second-order valence-electron chi connectivity index (χ2n) is 8.77. The lowest BCUT2D eigenvalue weighted by molar-refractivity contribution is 0.149. The van der Waals surface area contributed by atoms with Crippen molar-refractivity contribution in [2.45, 2.75) is 59.5 Å². The second kappa shape index (κ2) is 14.4. The molecule has 0 spiro atoms. The Labute approximate surface area is 192 Å². The number of hydrogen-bond acceptors (Lipinski definition) is 3. The van der Waals surface area contributed by atoms with Crippen LogP contribution >= 0.6 is 0 Å². The Hall–Kier alpha value is -1.68. The van der Waals surface area contributed by atoms with E-state index < -0.39 is 0 Å². The van der Waals surface area contributed by atoms with Gasteiger partial charge < -0.3 is 4.90 Å². The zero-order chi connectivity index (χ0) is 22.5. The number of likely N-dealkylation sites (N-methyl/N-ethyl adjacent to an activating group) is 3. The number of hydrogen-bond donors (Lipinski definition) is 0. The molecule has 2 aromatic rings. The molecule has 0 radical (unpaired) electrons. The van der Waals surface area contributed by atoms with Crippen LogP contribution in [0.15, 0.2) is 60.7 Å². The van der Waals surface area contributed by atoms with Crippen LogP contribution < -0.4 is 0 Å². The molecule has 2 aromatic carbocycles. The predicted octanol–water partition coefficient (Wildman–Crippen LogP) is 5.21. The average molecular weight is 424 g/mol. The third-order valence-corrected chi connectivity index (χ3v) is 6.66. The van der Waals surface area contributed by atoms with Crippen molar-refractivity contribution >= 4 is 0 Å². The Balaban J connectivity index is 1.79. The van der Waals surface area contributed by atoms with Gasteiger partial charge >= 0.3 is 0 Å². The molecule has 0 amide bonds. The van der Waals surface area contributed by atoms with Crippen molar-refractivity contribution in [3.05, 3.63) is 71.8 Å². The van der Waals surface area contributed by atoms with Crippen molar-refractivity contribution in [2.75, 3.05) is 45.8 Å². The van der Waals surface area contributed by atoms with Crippen LogP contribution in [0.2, 0.25) is 0 Å². The minimum atomic E-state index is 0.573. The summed E-state index contributed by atoms with van der Waals surface area (Å²) >= 11 is 0. The molecular weight excluding hydrogens is 378 g/mol. The summed E-state index contributed by atoms with van der Waals surface area (Å²) in [7, 11) is 0. The van der Waals surface area contributed by atoms with Gasteiger partial charge in [-0.15, -0.1) is 0 Å². The van der Waals surface area contributed by atoms with Crippen molar-refractivity contribution < 1.29 is 0 Å². The van der Waals surface area contributed by atoms with Crippen molar-refractivity contribution in [3.8, 4) is 0 Å². The van der Waals surface area contributed by atoms with Crippen LogP contribution in [0.3, 0.4) is 0 Å². The molecule has 3 nitrogen and oxygen atoms in total. The normalized spacial score (nSPS) is 13.8. The minimum absolute atomic E-state index is 0.573. The summed E-state index contributed by atoms with van der Waals surface area (Å²) in [6.07, 6.45) is 2.25. The lowest BCUT2D eigenvalue weighted by Gasteiger charge is -2.33. The van der Waals surface area contributed by atoms with Gasteiger partial charge in [-0.3, -0.25) is 9.80 Å². The molecule has 31 heavy (non-hydrogen) atoms. The summed E-state index contributed by atoms with van der Waals surface area (Å²) in [5.41, 5.74) is 2.87. The van der Waals surface area contributed by atoms with E-state index in [0.29, 0.717) is 12.1 Å². The number of benzene rings is 2. The van der Waals surface area contributed by atoms with Crippen LogP contribution in [-0.2, 0) is 12.8 Å². The summed E-state index contributed by atoms with van der Waals surface area (Å²) in [5.74, 6) is 0. The van der Waals surface area contributed by atoms with E-state index in [1.54, 1.807) is 0 Å². The molecule has 0 saturated heterocycles. The maximum absolute atomic E-state index is 2.63. The largest absolute Gasteiger partial charge is 0.301 e. The molecule has 2 atom stereocenters.